The van der Waals surface area contributed by atoms with Crippen LogP contribution < -0.4 is 5.32 Å². The number of fused-ring (bicyclic) bond motifs is 3. The maximum atomic E-state index is 13.1. The summed E-state index contributed by atoms with van der Waals surface area (Å²) in [6, 6.07) is 0.0907. The summed E-state index contributed by atoms with van der Waals surface area (Å²) in [6.07, 6.45) is 4.33. The minimum atomic E-state index is -4.56. The van der Waals surface area contributed by atoms with Gasteiger partial charge >= 0.3 is 12.2 Å². The number of carbonyl (C=O) groups is 2. The highest BCUT2D eigenvalue weighted by atomic mass is 19.4. The van der Waals surface area contributed by atoms with Crippen LogP contribution in [0.1, 0.15) is 63.0 Å². The molecule has 4 fully saturated rings. The lowest BCUT2D eigenvalue weighted by atomic mass is 9.77. The summed E-state index contributed by atoms with van der Waals surface area (Å²) in [5, 5.41) is 10.3. The number of piperidine rings is 1. The van der Waals surface area contributed by atoms with Gasteiger partial charge in [-0.15, -0.1) is 10.2 Å². The number of hydrogen-bond acceptors (Lipinski definition) is 4. The maximum Gasteiger partial charge on any atom is 0.451 e. The Morgan fingerprint density at radius 1 is 0.829 bits per heavy atom. The first-order chi connectivity index (χ1) is 16.8. The summed E-state index contributed by atoms with van der Waals surface area (Å²) in [7, 11) is 0. The molecule has 35 heavy (non-hydrogen) atoms. The largest absolute Gasteiger partial charge is 0.451 e. The molecule has 1 aromatic heterocycles. The molecule has 3 aliphatic carbocycles. The Hall–Kier alpha value is -2.33. The summed E-state index contributed by atoms with van der Waals surface area (Å²) in [4.78, 5) is 29.4. The Morgan fingerprint density at radius 3 is 2.34 bits per heavy atom. The molecule has 1 saturated heterocycles. The molecule has 3 saturated carbocycles. The smallest absolute Gasteiger partial charge is 0.353 e. The fourth-order valence-corrected chi connectivity index (χ4v) is 7.60. The Labute approximate surface area is 202 Å². The summed E-state index contributed by atoms with van der Waals surface area (Å²) in [6.45, 7) is 1.17. The maximum absolute atomic E-state index is 13.1. The van der Waals surface area contributed by atoms with Crippen LogP contribution in [0.15, 0.2) is 0 Å². The molecule has 0 aromatic carbocycles. The van der Waals surface area contributed by atoms with E-state index in [1.165, 1.54) is 37.0 Å². The van der Waals surface area contributed by atoms with Gasteiger partial charge in [-0.2, -0.15) is 13.2 Å². The number of nitrogens with zero attached hydrogens (tertiary/aromatic N) is 5. The van der Waals surface area contributed by atoms with Crippen LogP contribution in [0, 0.1) is 29.6 Å². The van der Waals surface area contributed by atoms with Crippen molar-refractivity contribution in [3.8, 4) is 0 Å². The molecule has 4 unspecified atom stereocenters. The van der Waals surface area contributed by atoms with Crippen LogP contribution >= 0.6 is 0 Å². The third kappa shape index (κ3) is 4.28. The summed E-state index contributed by atoms with van der Waals surface area (Å²) < 4.78 is 40.2. The number of nitrogens with one attached hydrogen (secondary N) is 1. The van der Waals surface area contributed by atoms with Gasteiger partial charge < -0.3 is 19.7 Å². The number of amides is 3. The predicted molar refractivity (Wildman–Crippen MR) is 119 cm³/mol. The molecule has 0 radical (unpaired) electrons. The average molecular weight is 495 g/mol. The number of carbonyl (C=O) groups excluding carboxylic acids is 2. The van der Waals surface area contributed by atoms with E-state index in [1.807, 2.05) is 0 Å². The van der Waals surface area contributed by atoms with E-state index >= 15 is 0 Å². The summed E-state index contributed by atoms with van der Waals surface area (Å²) in [5.41, 5.74) is 0. The number of hydrogen-bond donors (Lipinski definition) is 1. The number of alkyl halides is 3. The lowest BCUT2D eigenvalue weighted by Crippen LogP contribution is -2.51. The van der Waals surface area contributed by atoms with E-state index in [1.54, 1.807) is 4.90 Å². The second-order valence-electron chi connectivity index (χ2n) is 11.3. The van der Waals surface area contributed by atoms with Crippen molar-refractivity contribution in [2.75, 3.05) is 19.6 Å². The van der Waals surface area contributed by atoms with Crippen molar-refractivity contribution in [3.63, 3.8) is 0 Å². The topological polar surface area (TPSA) is 83.4 Å². The fraction of sp³-hybridized carbons (Fsp3) is 0.833. The Bertz CT molecular complexity index is 988. The monoisotopic (exact) mass is 494 g/mol. The molecule has 192 valence electrons. The first-order valence-corrected chi connectivity index (χ1v) is 13.1. The van der Waals surface area contributed by atoms with Gasteiger partial charge in [-0.25, -0.2) is 4.79 Å². The molecule has 2 aliphatic heterocycles. The molecular formula is C24H33F3N6O2. The van der Waals surface area contributed by atoms with E-state index in [0.29, 0.717) is 37.9 Å². The predicted octanol–water partition coefficient (Wildman–Crippen LogP) is 3.28. The molecule has 1 N–H and O–H groups in total. The number of rotatable bonds is 2. The van der Waals surface area contributed by atoms with Crippen molar-refractivity contribution in [1.29, 1.82) is 0 Å². The third-order valence-electron chi connectivity index (χ3n) is 9.34. The molecule has 3 bridgehead atoms. The normalized spacial score (nSPS) is 32.9. The van der Waals surface area contributed by atoms with Gasteiger partial charge in [0.2, 0.25) is 11.7 Å². The number of aromatic nitrogens is 3. The molecule has 1 aromatic rings. The molecule has 0 spiro atoms. The summed E-state index contributed by atoms with van der Waals surface area (Å²) >= 11 is 0. The van der Waals surface area contributed by atoms with E-state index in [-0.39, 0.29) is 43.3 Å². The SMILES string of the molecule is O=C(NC1CC[C@@H]2CC3CC1CC2C3)C1CCN(C(=O)N2CCn3c(nnc3C(F)(F)F)C2)CC1. The van der Waals surface area contributed by atoms with E-state index in [9.17, 15) is 22.8 Å². The van der Waals surface area contributed by atoms with Crippen LogP contribution in [-0.4, -0.2) is 62.2 Å². The van der Waals surface area contributed by atoms with Crippen molar-refractivity contribution in [2.45, 2.75) is 76.7 Å². The standard InChI is InChI=1S/C24H33F3N6O2/c25-24(26,27)22-30-29-20-13-32(7-8-33(20)22)23(35)31-5-3-15(4-6-31)21(34)28-19-2-1-16-9-14-10-17(16)12-18(19)11-14/h14-19H,1-13H2,(H,28,34)/t14?,16-,17?,18?,19?/m1/s1. The molecule has 11 heteroatoms. The lowest BCUT2D eigenvalue weighted by Gasteiger charge is -2.38. The van der Waals surface area contributed by atoms with Gasteiger partial charge in [0.1, 0.15) is 0 Å². The van der Waals surface area contributed by atoms with Gasteiger partial charge in [-0.3, -0.25) is 4.79 Å². The molecule has 6 rings (SSSR count). The van der Waals surface area contributed by atoms with Crippen LogP contribution in [0.4, 0.5) is 18.0 Å². The number of likely N-dealkylation sites (tertiary alicyclic amines) is 1. The molecule has 5 atom stereocenters. The van der Waals surface area contributed by atoms with Crippen molar-refractivity contribution in [2.24, 2.45) is 29.6 Å². The summed E-state index contributed by atoms with van der Waals surface area (Å²) in [5.74, 6) is 2.40. The van der Waals surface area contributed by atoms with Crippen molar-refractivity contribution in [1.82, 2.24) is 29.9 Å². The van der Waals surface area contributed by atoms with Gasteiger partial charge in [0.15, 0.2) is 5.82 Å². The molecule has 3 amide bonds. The number of halogens is 3. The zero-order chi connectivity index (χ0) is 24.3. The quantitative estimate of drug-likeness (QED) is 0.684. The lowest BCUT2D eigenvalue weighted by molar-refractivity contribution is -0.147. The highest BCUT2D eigenvalue weighted by Gasteiger charge is 2.46. The van der Waals surface area contributed by atoms with Crippen molar-refractivity contribution >= 4 is 11.9 Å². The minimum absolute atomic E-state index is 0.00831. The van der Waals surface area contributed by atoms with Gasteiger partial charge in [-0.1, -0.05) is 0 Å². The van der Waals surface area contributed by atoms with E-state index < -0.39 is 12.0 Å². The van der Waals surface area contributed by atoms with Crippen LogP contribution in [0.3, 0.4) is 0 Å². The fourth-order valence-electron chi connectivity index (χ4n) is 7.60. The van der Waals surface area contributed by atoms with Gasteiger partial charge in [0, 0.05) is 38.1 Å². The van der Waals surface area contributed by atoms with Crippen LogP contribution in [0.2, 0.25) is 0 Å². The van der Waals surface area contributed by atoms with Crippen LogP contribution in [0.5, 0.6) is 0 Å². The van der Waals surface area contributed by atoms with E-state index in [0.717, 1.165) is 28.7 Å². The molecule has 5 aliphatic rings. The van der Waals surface area contributed by atoms with E-state index in [4.69, 9.17) is 0 Å². The first kappa shape index (κ1) is 23.1. The minimum Gasteiger partial charge on any atom is -0.353 e. The van der Waals surface area contributed by atoms with Crippen LogP contribution in [0.25, 0.3) is 0 Å². The molecular weight excluding hydrogens is 461 g/mol. The Morgan fingerprint density at radius 2 is 1.57 bits per heavy atom. The Kier molecular flexibility index (Phi) is 5.71. The van der Waals surface area contributed by atoms with Gasteiger partial charge in [0.05, 0.1) is 6.54 Å². The average Bonchev–Trinajstić information content (AvgIpc) is 3.37. The molecule has 3 heterocycles. The van der Waals surface area contributed by atoms with Crippen molar-refractivity contribution < 1.29 is 22.8 Å². The van der Waals surface area contributed by atoms with E-state index in [2.05, 4.69) is 15.5 Å². The van der Waals surface area contributed by atoms with Crippen molar-refractivity contribution in [3.05, 3.63) is 11.6 Å². The first-order valence-electron chi connectivity index (χ1n) is 13.1. The highest BCUT2D eigenvalue weighted by Crippen LogP contribution is 2.53. The zero-order valence-electron chi connectivity index (χ0n) is 19.8. The molecule has 8 nitrogen and oxygen atoms in total. The Balaban J connectivity index is 1.01. The van der Waals surface area contributed by atoms with Crippen LogP contribution in [-0.2, 0) is 24.1 Å². The second kappa shape index (κ2) is 8.65. The number of urea groups is 1. The third-order valence-corrected chi connectivity index (χ3v) is 9.34. The van der Waals surface area contributed by atoms with Gasteiger partial charge in [0.25, 0.3) is 0 Å². The van der Waals surface area contributed by atoms with Gasteiger partial charge in [-0.05, 0) is 75.0 Å². The zero-order valence-corrected chi connectivity index (χ0v) is 19.8. The highest BCUT2D eigenvalue weighted by molar-refractivity contribution is 5.80. The second-order valence-corrected chi connectivity index (χ2v) is 11.3.